The Balaban J connectivity index is 2.00. The molecule has 0 amide bonds. The third-order valence-electron chi connectivity index (χ3n) is 4.11. The molecule has 0 aliphatic carbocycles. The van der Waals surface area contributed by atoms with Gasteiger partial charge >= 0.3 is 17.9 Å². The molecule has 0 spiro atoms. The molecule has 3 heterocycles. The lowest BCUT2D eigenvalue weighted by atomic mass is 9.99. The van der Waals surface area contributed by atoms with Crippen LogP contribution in [0.1, 0.15) is 32.7 Å². The quantitative estimate of drug-likeness (QED) is 0.477. The highest BCUT2D eigenvalue weighted by molar-refractivity contribution is 8.00. The van der Waals surface area contributed by atoms with E-state index in [0.29, 0.717) is 0 Å². The second-order valence-corrected chi connectivity index (χ2v) is 7.47. The van der Waals surface area contributed by atoms with Crippen LogP contribution in [0.15, 0.2) is 9.95 Å². The number of esters is 3. The molecule has 1 saturated heterocycles. The number of aromatic nitrogens is 3. The minimum Gasteiger partial charge on any atom is -0.463 e. The fourth-order valence-corrected chi connectivity index (χ4v) is 4.32. The number of rotatable bonds is 4. The first-order chi connectivity index (χ1) is 13.2. The Morgan fingerprint density at radius 1 is 1.11 bits per heavy atom. The molecule has 0 N–H and O–H groups in total. The van der Waals surface area contributed by atoms with Gasteiger partial charge in [0.1, 0.15) is 23.7 Å². The summed E-state index contributed by atoms with van der Waals surface area (Å²) in [5.74, 6) is -1.74. The lowest BCUT2D eigenvalue weighted by Crippen LogP contribution is -2.57. The maximum absolute atomic E-state index is 11.8. The van der Waals surface area contributed by atoms with Gasteiger partial charge in [-0.3, -0.25) is 19.2 Å². The largest absolute Gasteiger partial charge is 0.463 e. The Kier molecular flexibility index (Phi) is 5.70. The molecular formula is C16H19N3O8S. The average molecular weight is 413 g/mol. The highest BCUT2D eigenvalue weighted by Gasteiger charge is 2.55. The maximum Gasteiger partial charge on any atom is 0.303 e. The molecule has 152 valence electrons. The van der Waals surface area contributed by atoms with E-state index in [1.807, 2.05) is 0 Å². The molecule has 2 aliphatic heterocycles. The van der Waals surface area contributed by atoms with Crippen molar-refractivity contribution in [1.29, 1.82) is 0 Å². The lowest BCUT2D eigenvalue weighted by Gasteiger charge is -2.41. The van der Waals surface area contributed by atoms with Crippen molar-refractivity contribution in [2.45, 2.75) is 62.6 Å². The third-order valence-corrected chi connectivity index (χ3v) is 5.37. The molecule has 11 nitrogen and oxygen atoms in total. The van der Waals surface area contributed by atoms with Gasteiger partial charge in [-0.15, -0.1) is 0 Å². The number of ether oxygens (including phenoxy) is 4. The molecular weight excluding hydrogens is 394 g/mol. The van der Waals surface area contributed by atoms with Gasteiger partial charge in [0.15, 0.2) is 23.6 Å². The Bertz CT molecular complexity index is 872. The summed E-state index contributed by atoms with van der Waals surface area (Å²) < 4.78 is 23.2. The van der Waals surface area contributed by atoms with Gasteiger partial charge < -0.3 is 18.9 Å². The van der Waals surface area contributed by atoms with Gasteiger partial charge in [-0.2, -0.15) is 10.1 Å². The van der Waals surface area contributed by atoms with Gasteiger partial charge in [-0.25, -0.2) is 4.68 Å². The minimum absolute atomic E-state index is 0.177. The third kappa shape index (κ3) is 4.02. The monoisotopic (exact) mass is 413 g/mol. The van der Waals surface area contributed by atoms with Crippen molar-refractivity contribution in [3.05, 3.63) is 16.0 Å². The molecule has 3 rings (SSSR count). The first-order valence-electron chi connectivity index (χ1n) is 8.44. The molecule has 2 aliphatic rings. The summed E-state index contributed by atoms with van der Waals surface area (Å²) in [5, 5.41) is 3.93. The number of carbonyl (C=O) groups excluding carboxylic acids is 3. The van der Waals surface area contributed by atoms with E-state index >= 15 is 0 Å². The Hall–Kier alpha value is -2.47. The summed E-state index contributed by atoms with van der Waals surface area (Å²) in [5.41, 5.74) is -0.300. The van der Waals surface area contributed by atoms with Gasteiger partial charge in [0, 0.05) is 20.8 Å². The summed E-state index contributed by atoms with van der Waals surface area (Å²) in [7, 11) is 0. The molecule has 5 atom stereocenters. The minimum atomic E-state index is -1.02. The first-order valence-corrected chi connectivity index (χ1v) is 9.32. The van der Waals surface area contributed by atoms with Crippen LogP contribution in [0.5, 0.6) is 0 Å². The van der Waals surface area contributed by atoms with E-state index in [0.717, 1.165) is 11.8 Å². The second kappa shape index (κ2) is 7.87. The topological polar surface area (TPSA) is 136 Å². The molecule has 0 aromatic carbocycles. The Labute approximate surface area is 163 Å². The Morgan fingerprint density at radius 2 is 1.75 bits per heavy atom. The van der Waals surface area contributed by atoms with E-state index in [1.54, 1.807) is 0 Å². The van der Waals surface area contributed by atoms with E-state index in [-0.39, 0.29) is 17.5 Å². The van der Waals surface area contributed by atoms with Crippen LogP contribution in [-0.4, -0.2) is 62.8 Å². The van der Waals surface area contributed by atoms with E-state index in [4.69, 9.17) is 18.9 Å². The SMILES string of the molecule is CC(=O)OC[C@H]1O[C@@H]2[C@@H](Sc3nc(=O)c(C)nn32)[C@@H](OC(C)=O)[C@H]1OC(C)=O. The van der Waals surface area contributed by atoms with E-state index < -0.39 is 53.3 Å². The van der Waals surface area contributed by atoms with E-state index in [1.165, 1.54) is 32.4 Å². The molecule has 0 radical (unpaired) electrons. The number of nitrogens with zero attached hydrogens (tertiary/aromatic N) is 3. The van der Waals surface area contributed by atoms with Crippen LogP contribution in [-0.2, 0) is 33.3 Å². The van der Waals surface area contributed by atoms with Crippen molar-refractivity contribution in [2.75, 3.05) is 6.61 Å². The molecule has 0 saturated carbocycles. The maximum atomic E-state index is 11.8. The van der Waals surface area contributed by atoms with Crippen LogP contribution in [0, 0.1) is 6.92 Å². The van der Waals surface area contributed by atoms with Crippen LogP contribution in [0.3, 0.4) is 0 Å². The van der Waals surface area contributed by atoms with Gasteiger partial charge in [-0.1, -0.05) is 11.8 Å². The smallest absolute Gasteiger partial charge is 0.303 e. The summed E-state index contributed by atoms with van der Waals surface area (Å²) in [6.45, 7) is 4.97. The molecule has 1 aromatic heterocycles. The van der Waals surface area contributed by atoms with Gasteiger partial charge in [0.2, 0.25) is 0 Å². The number of hydrogen-bond acceptors (Lipinski definition) is 11. The second-order valence-electron chi connectivity index (χ2n) is 6.33. The van der Waals surface area contributed by atoms with Crippen molar-refractivity contribution in [3.63, 3.8) is 0 Å². The highest BCUT2D eigenvalue weighted by atomic mass is 32.2. The van der Waals surface area contributed by atoms with E-state index in [2.05, 4.69) is 10.1 Å². The molecule has 12 heteroatoms. The molecule has 28 heavy (non-hydrogen) atoms. The van der Waals surface area contributed by atoms with Crippen LogP contribution in [0.2, 0.25) is 0 Å². The lowest BCUT2D eigenvalue weighted by molar-refractivity contribution is -0.225. The number of hydrogen-bond donors (Lipinski definition) is 0. The van der Waals surface area contributed by atoms with Crippen molar-refractivity contribution in [3.8, 4) is 0 Å². The molecule has 0 unspecified atom stereocenters. The van der Waals surface area contributed by atoms with Gasteiger partial charge in [0.25, 0.3) is 5.56 Å². The van der Waals surface area contributed by atoms with Crippen molar-refractivity contribution < 1.29 is 33.3 Å². The highest BCUT2D eigenvalue weighted by Crippen LogP contribution is 2.46. The van der Waals surface area contributed by atoms with Crippen LogP contribution in [0.25, 0.3) is 0 Å². The van der Waals surface area contributed by atoms with Gasteiger partial charge in [-0.05, 0) is 6.92 Å². The summed E-state index contributed by atoms with van der Waals surface area (Å²) in [6, 6.07) is 0. The zero-order valence-corrected chi connectivity index (χ0v) is 16.4. The summed E-state index contributed by atoms with van der Waals surface area (Å²) in [6.07, 6.45) is -3.61. The summed E-state index contributed by atoms with van der Waals surface area (Å²) >= 11 is 1.14. The predicted octanol–water partition coefficient (Wildman–Crippen LogP) is -0.255. The first kappa shape index (κ1) is 20.3. The van der Waals surface area contributed by atoms with Crippen LogP contribution < -0.4 is 5.56 Å². The Morgan fingerprint density at radius 3 is 2.36 bits per heavy atom. The molecule has 1 aromatic rings. The van der Waals surface area contributed by atoms with Crippen LogP contribution in [0.4, 0.5) is 0 Å². The zero-order chi connectivity index (χ0) is 20.6. The van der Waals surface area contributed by atoms with Crippen molar-refractivity contribution in [2.24, 2.45) is 0 Å². The number of thioether (sulfide) groups is 1. The average Bonchev–Trinajstić information content (AvgIpc) is 2.92. The van der Waals surface area contributed by atoms with Crippen molar-refractivity contribution >= 4 is 29.7 Å². The van der Waals surface area contributed by atoms with Gasteiger partial charge in [0.05, 0.1) is 0 Å². The fraction of sp³-hybridized carbons (Fsp3) is 0.625. The zero-order valence-electron chi connectivity index (χ0n) is 15.6. The fourth-order valence-electron chi connectivity index (χ4n) is 3.04. The number of carbonyl (C=O) groups is 3. The van der Waals surface area contributed by atoms with Crippen LogP contribution >= 0.6 is 11.8 Å². The van der Waals surface area contributed by atoms with E-state index in [9.17, 15) is 19.2 Å². The molecule has 1 fully saturated rings. The predicted molar refractivity (Wildman–Crippen MR) is 92.3 cm³/mol. The van der Waals surface area contributed by atoms with Crippen molar-refractivity contribution in [1.82, 2.24) is 14.8 Å². The summed E-state index contributed by atoms with van der Waals surface area (Å²) in [4.78, 5) is 50.4. The standard InChI is InChI=1S/C16H19N3O8S/c1-6-14(23)17-16-19(18-6)15-13(28-16)12(26-9(4)22)11(25-8(3)21)10(27-15)5-24-7(2)20/h10-13,15H,5H2,1-4H3/t10-,11+,12+,13+,15-/m1/s1. The number of aryl methyl sites for hydroxylation is 1. The normalized spacial score (nSPS) is 28.1. The molecule has 0 bridgehead atoms. The number of fused-ring (bicyclic) bond motifs is 3.